The van der Waals surface area contributed by atoms with Gasteiger partial charge in [-0.05, 0) is 67.1 Å². The standard InChI is InChI=1S/C20H16ClFN2O2/c1-12-10-15(23)11-17(21)20(12)24-19(25)9-7-16-6-8-18(26-16)13-2-4-14(22)5-3-13/h2-11H,23H2,1H3,(H,24,25)/b9-7+. The molecule has 1 aromatic heterocycles. The second-order valence-corrected chi connectivity index (χ2v) is 6.13. The van der Waals surface area contributed by atoms with Crippen LogP contribution in [0.5, 0.6) is 0 Å². The zero-order chi connectivity index (χ0) is 18.7. The van der Waals surface area contributed by atoms with Crippen LogP contribution < -0.4 is 11.1 Å². The number of furan rings is 1. The van der Waals surface area contributed by atoms with E-state index in [-0.39, 0.29) is 11.7 Å². The Morgan fingerprint density at radius 3 is 2.62 bits per heavy atom. The van der Waals surface area contributed by atoms with E-state index in [2.05, 4.69) is 5.32 Å². The van der Waals surface area contributed by atoms with Crippen molar-refractivity contribution in [2.45, 2.75) is 6.92 Å². The lowest BCUT2D eigenvalue weighted by Gasteiger charge is -2.09. The Balaban J connectivity index is 1.70. The average Bonchev–Trinajstić information content (AvgIpc) is 3.06. The lowest BCUT2D eigenvalue weighted by molar-refractivity contribution is -0.111. The van der Waals surface area contributed by atoms with E-state index < -0.39 is 0 Å². The van der Waals surface area contributed by atoms with Gasteiger partial charge in [0.1, 0.15) is 17.3 Å². The lowest BCUT2D eigenvalue weighted by atomic mass is 10.1. The number of nitrogens with two attached hydrogens (primary N) is 1. The summed E-state index contributed by atoms with van der Waals surface area (Å²) >= 11 is 6.11. The number of aryl methyl sites for hydroxylation is 1. The van der Waals surface area contributed by atoms with Crippen LogP contribution >= 0.6 is 11.6 Å². The topological polar surface area (TPSA) is 68.3 Å². The fourth-order valence-corrected chi connectivity index (χ4v) is 2.79. The number of halogens is 2. The SMILES string of the molecule is Cc1cc(N)cc(Cl)c1NC(=O)/C=C/c1ccc(-c2ccc(F)cc2)o1. The Kier molecular flexibility index (Phi) is 5.09. The molecule has 0 bridgehead atoms. The van der Waals surface area contributed by atoms with Gasteiger partial charge in [-0.2, -0.15) is 0 Å². The molecular weight excluding hydrogens is 355 g/mol. The predicted molar refractivity (Wildman–Crippen MR) is 102 cm³/mol. The minimum absolute atomic E-state index is 0.311. The molecule has 1 amide bonds. The molecule has 0 unspecified atom stereocenters. The molecule has 1 heterocycles. The summed E-state index contributed by atoms with van der Waals surface area (Å²) in [5.74, 6) is 0.426. The molecule has 3 N–H and O–H groups in total. The summed E-state index contributed by atoms with van der Waals surface area (Å²) in [4.78, 5) is 12.1. The summed E-state index contributed by atoms with van der Waals surface area (Å²) in [7, 11) is 0. The van der Waals surface area contributed by atoms with E-state index in [1.165, 1.54) is 18.2 Å². The number of benzene rings is 2. The highest BCUT2D eigenvalue weighted by atomic mass is 35.5. The van der Waals surface area contributed by atoms with Gasteiger partial charge in [0.05, 0.1) is 10.7 Å². The number of amides is 1. The maximum absolute atomic E-state index is 13.0. The zero-order valence-corrected chi connectivity index (χ0v) is 14.7. The van der Waals surface area contributed by atoms with Crippen molar-refractivity contribution in [2.75, 3.05) is 11.1 Å². The first-order valence-corrected chi connectivity index (χ1v) is 8.20. The Morgan fingerprint density at radius 1 is 1.19 bits per heavy atom. The van der Waals surface area contributed by atoms with Crippen LogP contribution in [0.4, 0.5) is 15.8 Å². The Bertz CT molecular complexity index is 955. The highest BCUT2D eigenvalue weighted by molar-refractivity contribution is 6.34. The summed E-state index contributed by atoms with van der Waals surface area (Å²) in [5.41, 5.74) is 8.28. The monoisotopic (exact) mass is 370 g/mol. The Morgan fingerprint density at radius 2 is 1.92 bits per heavy atom. The van der Waals surface area contributed by atoms with Crippen LogP contribution in [0.1, 0.15) is 11.3 Å². The van der Waals surface area contributed by atoms with E-state index in [0.29, 0.717) is 27.9 Å². The van der Waals surface area contributed by atoms with Crippen LogP contribution in [-0.2, 0) is 4.79 Å². The van der Waals surface area contributed by atoms with Crippen molar-refractivity contribution in [2.24, 2.45) is 0 Å². The molecule has 4 nitrogen and oxygen atoms in total. The van der Waals surface area contributed by atoms with Gasteiger partial charge >= 0.3 is 0 Å². The first-order valence-electron chi connectivity index (χ1n) is 7.83. The first kappa shape index (κ1) is 17.8. The molecule has 0 aliphatic carbocycles. The molecular formula is C20H16ClFN2O2. The van der Waals surface area contributed by atoms with Gasteiger partial charge in [0.2, 0.25) is 5.91 Å². The molecule has 0 saturated carbocycles. The third kappa shape index (κ3) is 4.13. The van der Waals surface area contributed by atoms with Crippen molar-refractivity contribution in [1.82, 2.24) is 0 Å². The number of nitrogen functional groups attached to an aromatic ring is 1. The minimum Gasteiger partial charge on any atom is -0.457 e. The third-order valence-electron chi connectivity index (χ3n) is 3.71. The Hall–Kier alpha value is -3.05. The van der Waals surface area contributed by atoms with Crippen LogP contribution in [-0.4, -0.2) is 5.91 Å². The number of carbonyl (C=O) groups is 1. The molecule has 0 saturated heterocycles. The average molecular weight is 371 g/mol. The van der Waals surface area contributed by atoms with Crippen molar-refractivity contribution in [3.63, 3.8) is 0 Å². The van der Waals surface area contributed by atoms with Gasteiger partial charge in [0.25, 0.3) is 0 Å². The van der Waals surface area contributed by atoms with Gasteiger partial charge in [-0.15, -0.1) is 0 Å². The molecule has 132 valence electrons. The third-order valence-corrected chi connectivity index (χ3v) is 4.01. The van der Waals surface area contributed by atoms with E-state index >= 15 is 0 Å². The summed E-state index contributed by atoms with van der Waals surface area (Å²) in [6, 6.07) is 12.8. The molecule has 26 heavy (non-hydrogen) atoms. The summed E-state index contributed by atoms with van der Waals surface area (Å²) < 4.78 is 18.6. The maximum Gasteiger partial charge on any atom is 0.248 e. The number of anilines is 2. The number of carbonyl (C=O) groups excluding carboxylic acids is 1. The van der Waals surface area contributed by atoms with Gasteiger partial charge < -0.3 is 15.5 Å². The molecule has 0 spiro atoms. The van der Waals surface area contributed by atoms with Gasteiger partial charge in [0, 0.05) is 17.3 Å². The second-order valence-electron chi connectivity index (χ2n) is 5.73. The van der Waals surface area contributed by atoms with E-state index in [1.54, 1.807) is 42.5 Å². The minimum atomic E-state index is -0.348. The van der Waals surface area contributed by atoms with Crippen molar-refractivity contribution < 1.29 is 13.6 Å². The number of nitrogens with one attached hydrogen (secondary N) is 1. The summed E-state index contributed by atoms with van der Waals surface area (Å²) in [6.07, 6.45) is 2.89. The smallest absolute Gasteiger partial charge is 0.248 e. The zero-order valence-electron chi connectivity index (χ0n) is 13.9. The van der Waals surface area contributed by atoms with Crippen LogP contribution in [0.2, 0.25) is 5.02 Å². The molecule has 3 rings (SSSR count). The first-order chi connectivity index (χ1) is 12.4. The molecule has 0 aliphatic rings. The lowest BCUT2D eigenvalue weighted by Crippen LogP contribution is -2.09. The predicted octanol–water partition coefficient (Wildman–Crippen LogP) is 5.28. The van der Waals surface area contributed by atoms with Crippen molar-refractivity contribution >= 4 is 35.0 Å². The van der Waals surface area contributed by atoms with Gasteiger partial charge in [-0.25, -0.2) is 4.39 Å². The number of rotatable bonds is 4. The van der Waals surface area contributed by atoms with Gasteiger partial charge in [-0.3, -0.25) is 4.79 Å². The van der Waals surface area contributed by atoms with Gasteiger partial charge in [0.15, 0.2) is 0 Å². The molecule has 0 atom stereocenters. The molecule has 0 radical (unpaired) electrons. The normalized spacial score (nSPS) is 11.0. The van der Waals surface area contributed by atoms with E-state index in [4.69, 9.17) is 21.8 Å². The number of hydrogen-bond donors (Lipinski definition) is 2. The van der Waals surface area contributed by atoms with Crippen LogP contribution in [0.3, 0.4) is 0 Å². The summed E-state index contributed by atoms with van der Waals surface area (Å²) in [5, 5.41) is 3.10. The largest absolute Gasteiger partial charge is 0.457 e. The van der Waals surface area contributed by atoms with Crippen molar-refractivity contribution in [3.05, 3.63) is 76.8 Å². The fraction of sp³-hybridized carbons (Fsp3) is 0.0500. The van der Waals surface area contributed by atoms with E-state index in [1.807, 2.05) is 6.92 Å². The van der Waals surface area contributed by atoms with Gasteiger partial charge in [-0.1, -0.05) is 11.6 Å². The Labute approximate surface area is 155 Å². The molecule has 2 aromatic carbocycles. The molecule has 6 heteroatoms. The van der Waals surface area contributed by atoms with E-state index in [0.717, 1.165) is 11.1 Å². The second kappa shape index (κ2) is 7.45. The quantitative estimate of drug-likeness (QED) is 0.485. The summed E-state index contributed by atoms with van der Waals surface area (Å²) in [6.45, 7) is 1.81. The van der Waals surface area contributed by atoms with Crippen molar-refractivity contribution in [3.8, 4) is 11.3 Å². The number of hydrogen-bond acceptors (Lipinski definition) is 3. The van der Waals surface area contributed by atoms with Crippen LogP contribution in [0, 0.1) is 12.7 Å². The fourth-order valence-electron chi connectivity index (χ4n) is 2.46. The van der Waals surface area contributed by atoms with Crippen molar-refractivity contribution in [1.29, 1.82) is 0 Å². The van der Waals surface area contributed by atoms with Crippen LogP contribution in [0.25, 0.3) is 17.4 Å². The molecule has 0 aliphatic heterocycles. The van der Waals surface area contributed by atoms with E-state index in [9.17, 15) is 9.18 Å². The molecule has 3 aromatic rings. The van der Waals surface area contributed by atoms with Crippen LogP contribution in [0.15, 0.2) is 59.0 Å². The highest BCUT2D eigenvalue weighted by Gasteiger charge is 2.08. The highest BCUT2D eigenvalue weighted by Crippen LogP contribution is 2.28. The maximum atomic E-state index is 13.0. The molecule has 0 fully saturated rings.